The number of anilines is 1. The largest absolute Gasteiger partial charge is 0.388 e. The van der Waals surface area contributed by atoms with Gasteiger partial charge in [0.1, 0.15) is 0 Å². The van der Waals surface area contributed by atoms with E-state index in [0.717, 1.165) is 16.8 Å². The third-order valence-electron chi connectivity index (χ3n) is 3.77. The lowest BCUT2D eigenvalue weighted by Gasteiger charge is -2.21. The molecule has 1 rings (SSSR count). The molecule has 23 heavy (non-hydrogen) atoms. The van der Waals surface area contributed by atoms with Crippen LogP contribution in [-0.4, -0.2) is 32.0 Å². The Morgan fingerprint density at radius 1 is 0.870 bits per heavy atom. The summed E-state index contributed by atoms with van der Waals surface area (Å²) in [4.78, 5) is 25.0. The number of hydrogen-bond acceptors (Lipinski definition) is 3. The van der Waals surface area contributed by atoms with E-state index in [9.17, 15) is 9.59 Å². The Morgan fingerprint density at radius 2 is 1.26 bits per heavy atom. The average molecular weight is 315 g/mol. The molecule has 3 N–H and O–H groups in total. The fourth-order valence-electron chi connectivity index (χ4n) is 2.78. The fourth-order valence-corrected chi connectivity index (χ4v) is 2.78. The van der Waals surface area contributed by atoms with Crippen LogP contribution in [0.25, 0.3) is 0 Å². The molecule has 0 aromatic heterocycles. The topological polar surface area (TPSA) is 70.2 Å². The second-order valence-corrected chi connectivity index (χ2v) is 5.25. The molecule has 0 spiro atoms. The van der Waals surface area contributed by atoms with Crippen LogP contribution in [0.4, 0.5) is 5.69 Å². The highest BCUT2D eigenvalue weighted by Gasteiger charge is 2.24. The first kappa shape index (κ1) is 18.5. The van der Waals surface area contributed by atoms with Crippen molar-refractivity contribution in [2.45, 2.75) is 20.8 Å². The molecule has 0 bridgehead atoms. The van der Waals surface area contributed by atoms with Gasteiger partial charge in [0.2, 0.25) is 0 Å². The minimum atomic E-state index is -0.214. The predicted molar refractivity (Wildman–Crippen MR) is 95.3 cm³/mol. The van der Waals surface area contributed by atoms with Crippen LogP contribution in [0.2, 0.25) is 0 Å². The molecule has 0 saturated heterocycles. The van der Waals surface area contributed by atoms with Crippen LogP contribution in [0.1, 0.15) is 37.4 Å². The summed E-state index contributed by atoms with van der Waals surface area (Å²) in [5, 5.41) is 8.65. The molecule has 0 unspecified atom stereocenters. The first-order valence-corrected chi connectivity index (χ1v) is 7.50. The SMILES string of the molecule is C=CCNC(=O)c1c(C)c(NC)c(C)c(C(=O)NCC=C)c1C. The highest BCUT2D eigenvalue weighted by molar-refractivity contribution is 6.06. The number of nitrogens with one attached hydrogen (secondary N) is 3. The number of rotatable bonds is 7. The standard InChI is InChI=1S/C18H25N3O2/c1-7-9-20-17(22)14-11(3)15(18(23)21-10-8-2)13(5)16(19-6)12(14)4/h7-8,19H,1-2,9-10H2,3-6H3,(H,20,22)(H,21,23). The quantitative estimate of drug-likeness (QED) is 0.677. The average Bonchev–Trinajstić information content (AvgIpc) is 2.51. The third kappa shape index (κ3) is 3.80. The van der Waals surface area contributed by atoms with Gasteiger partial charge in [-0.15, -0.1) is 13.2 Å². The van der Waals surface area contributed by atoms with Gasteiger partial charge in [-0.05, 0) is 37.5 Å². The fraction of sp³-hybridized carbons (Fsp3) is 0.333. The molecule has 0 atom stereocenters. The molecule has 0 saturated carbocycles. The van der Waals surface area contributed by atoms with E-state index in [-0.39, 0.29) is 11.8 Å². The minimum Gasteiger partial charge on any atom is -0.388 e. The molecule has 2 amide bonds. The monoisotopic (exact) mass is 315 g/mol. The Labute approximate surface area is 137 Å². The van der Waals surface area contributed by atoms with Gasteiger partial charge in [-0.2, -0.15) is 0 Å². The van der Waals surface area contributed by atoms with Gasteiger partial charge in [0.05, 0.1) is 0 Å². The Balaban J connectivity index is 3.52. The lowest BCUT2D eigenvalue weighted by Crippen LogP contribution is -2.29. The van der Waals surface area contributed by atoms with E-state index < -0.39 is 0 Å². The highest BCUT2D eigenvalue weighted by atomic mass is 16.2. The van der Waals surface area contributed by atoms with Gasteiger partial charge in [-0.25, -0.2) is 0 Å². The molecule has 0 aliphatic heterocycles. The first-order valence-electron chi connectivity index (χ1n) is 7.50. The van der Waals surface area contributed by atoms with Crippen LogP contribution < -0.4 is 16.0 Å². The molecule has 0 radical (unpaired) electrons. The molecule has 0 aliphatic rings. The number of amides is 2. The Hall–Kier alpha value is -2.56. The third-order valence-corrected chi connectivity index (χ3v) is 3.77. The number of hydrogen-bond donors (Lipinski definition) is 3. The van der Waals surface area contributed by atoms with Crippen molar-refractivity contribution in [3.63, 3.8) is 0 Å². The van der Waals surface area contributed by atoms with Crippen molar-refractivity contribution in [2.75, 3.05) is 25.5 Å². The van der Waals surface area contributed by atoms with Crippen molar-refractivity contribution in [2.24, 2.45) is 0 Å². The first-order chi connectivity index (χ1) is 10.9. The van der Waals surface area contributed by atoms with E-state index in [2.05, 4.69) is 29.1 Å². The maximum atomic E-state index is 12.5. The van der Waals surface area contributed by atoms with Crippen molar-refractivity contribution >= 4 is 17.5 Å². The molecule has 0 aliphatic carbocycles. The number of benzene rings is 1. The minimum absolute atomic E-state index is 0.214. The van der Waals surface area contributed by atoms with Gasteiger partial charge in [-0.1, -0.05) is 12.2 Å². The summed E-state index contributed by atoms with van der Waals surface area (Å²) in [5.41, 5.74) is 4.15. The second kappa shape index (κ2) is 8.17. The van der Waals surface area contributed by atoms with Crippen LogP contribution >= 0.6 is 0 Å². The molecule has 1 aromatic carbocycles. The Kier molecular flexibility index (Phi) is 6.57. The van der Waals surface area contributed by atoms with Gasteiger partial charge in [-0.3, -0.25) is 9.59 Å². The molecule has 124 valence electrons. The normalized spacial score (nSPS) is 9.91. The molecule has 1 aromatic rings. The van der Waals surface area contributed by atoms with Crippen molar-refractivity contribution in [1.29, 1.82) is 0 Å². The van der Waals surface area contributed by atoms with Crippen LogP contribution in [0, 0.1) is 20.8 Å². The van der Waals surface area contributed by atoms with Gasteiger partial charge in [0.25, 0.3) is 11.8 Å². The molecular weight excluding hydrogens is 290 g/mol. The zero-order valence-electron chi connectivity index (χ0n) is 14.3. The van der Waals surface area contributed by atoms with Crippen molar-refractivity contribution in [3.8, 4) is 0 Å². The van der Waals surface area contributed by atoms with Crippen LogP contribution in [-0.2, 0) is 0 Å². The molecule has 5 heteroatoms. The van der Waals surface area contributed by atoms with E-state index in [1.807, 2.05) is 13.8 Å². The molecule has 0 fully saturated rings. The number of carbonyl (C=O) groups excluding carboxylic acids is 2. The summed E-state index contributed by atoms with van der Waals surface area (Å²) >= 11 is 0. The smallest absolute Gasteiger partial charge is 0.252 e. The number of carbonyl (C=O) groups is 2. The van der Waals surface area contributed by atoms with Crippen LogP contribution in [0.3, 0.4) is 0 Å². The maximum Gasteiger partial charge on any atom is 0.252 e. The van der Waals surface area contributed by atoms with Crippen molar-refractivity contribution in [1.82, 2.24) is 10.6 Å². The van der Waals surface area contributed by atoms with Gasteiger partial charge < -0.3 is 16.0 Å². The van der Waals surface area contributed by atoms with Gasteiger partial charge in [0.15, 0.2) is 0 Å². The summed E-state index contributed by atoms with van der Waals surface area (Å²) in [5.74, 6) is -0.427. The van der Waals surface area contributed by atoms with Crippen molar-refractivity contribution in [3.05, 3.63) is 53.1 Å². The summed E-state index contributed by atoms with van der Waals surface area (Å²) < 4.78 is 0. The van der Waals surface area contributed by atoms with E-state index in [0.29, 0.717) is 29.8 Å². The second-order valence-electron chi connectivity index (χ2n) is 5.25. The summed E-state index contributed by atoms with van der Waals surface area (Å²) in [6.45, 7) is 13.5. The van der Waals surface area contributed by atoms with Gasteiger partial charge in [0, 0.05) is 37.0 Å². The van der Waals surface area contributed by atoms with E-state index in [1.54, 1.807) is 26.1 Å². The van der Waals surface area contributed by atoms with E-state index in [4.69, 9.17) is 0 Å². The highest BCUT2D eigenvalue weighted by Crippen LogP contribution is 2.31. The zero-order valence-corrected chi connectivity index (χ0v) is 14.3. The Morgan fingerprint density at radius 3 is 1.57 bits per heavy atom. The summed E-state index contributed by atoms with van der Waals surface area (Å²) in [7, 11) is 1.78. The van der Waals surface area contributed by atoms with Crippen molar-refractivity contribution < 1.29 is 9.59 Å². The maximum absolute atomic E-state index is 12.5. The lowest BCUT2D eigenvalue weighted by molar-refractivity contribution is 0.0956. The predicted octanol–water partition coefficient (Wildman–Crippen LogP) is 2.49. The zero-order chi connectivity index (χ0) is 17.6. The molecule has 0 heterocycles. The molecular formula is C18H25N3O2. The van der Waals surface area contributed by atoms with E-state index >= 15 is 0 Å². The summed E-state index contributed by atoms with van der Waals surface area (Å²) in [6.07, 6.45) is 3.24. The summed E-state index contributed by atoms with van der Waals surface area (Å²) in [6, 6.07) is 0. The Bertz CT molecular complexity index is 597. The molecule has 5 nitrogen and oxygen atoms in total. The van der Waals surface area contributed by atoms with Gasteiger partial charge >= 0.3 is 0 Å². The van der Waals surface area contributed by atoms with Crippen LogP contribution in [0.5, 0.6) is 0 Å². The van der Waals surface area contributed by atoms with E-state index in [1.165, 1.54) is 0 Å². The lowest BCUT2D eigenvalue weighted by atomic mass is 9.90. The van der Waals surface area contributed by atoms with Crippen LogP contribution in [0.15, 0.2) is 25.3 Å².